The Kier molecular flexibility index (Phi) is 6.50. The van der Waals surface area contributed by atoms with Crippen molar-refractivity contribution in [3.8, 4) is 0 Å². The van der Waals surface area contributed by atoms with Crippen molar-refractivity contribution in [1.29, 1.82) is 0 Å². The maximum absolute atomic E-state index is 12.9. The lowest BCUT2D eigenvalue weighted by molar-refractivity contribution is -0.133. The van der Waals surface area contributed by atoms with E-state index in [1.165, 1.54) is 24.2 Å². The maximum atomic E-state index is 12.9. The van der Waals surface area contributed by atoms with Gasteiger partial charge in [-0.25, -0.2) is 9.69 Å². The van der Waals surface area contributed by atoms with Crippen molar-refractivity contribution in [2.75, 3.05) is 6.61 Å². The van der Waals surface area contributed by atoms with E-state index in [4.69, 9.17) is 9.57 Å². The minimum Gasteiger partial charge on any atom is -0.447 e. The lowest BCUT2D eigenvalue weighted by atomic mass is 9.82. The Balaban J connectivity index is 1.62. The highest BCUT2D eigenvalue weighted by molar-refractivity contribution is 5.94. The Morgan fingerprint density at radius 1 is 1.26 bits per heavy atom. The number of amides is 2. The van der Waals surface area contributed by atoms with Gasteiger partial charge in [-0.15, -0.1) is 0 Å². The molecule has 1 N–H and O–H groups in total. The van der Waals surface area contributed by atoms with E-state index in [0.29, 0.717) is 12.5 Å². The molecule has 2 amide bonds. The molecule has 1 unspecified atom stereocenters. The van der Waals surface area contributed by atoms with Gasteiger partial charge in [0.15, 0.2) is 0 Å². The third-order valence-corrected chi connectivity index (χ3v) is 5.52. The van der Waals surface area contributed by atoms with Crippen LogP contribution in [0.3, 0.4) is 0 Å². The molecule has 2 fully saturated rings. The van der Waals surface area contributed by atoms with Gasteiger partial charge in [0.2, 0.25) is 5.91 Å². The summed E-state index contributed by atoms with van der Waals surface area (Å²) in [6, 6.07) is 9.82. The fourth-order valence-corrected chi connectivity index (χ4v) is 3.98. The third-order valence-electron chi connectivity index (χ3n) is 5.52. The SMILES string of the molecule is CC1(C)COC(=O)N1C(=O)CC(NOCc1ccccc1)C1CCCCC1. The molecule has 2 aliphatic rings. The fourth-order valence-electron chi connectivity index (χ4n) is 3.98. The predicted octanol–water partition coefficient (Wildman–Crippen LogP) is 3.80. The largest absolute Gasteiger partial charge is 0.447 e. The molecule has 1 aliphatic heterocycles. The zero-order valence-corrected chi connectivity index (χ0v) is 16.3. The van der Waals surface area contributed by atoms with E-state index in [1.54, 1.807) is 0 Å². The number of nitrogens with zero attached hydrogens (tertiary/aromatic N) is 1. The monoisotopic (exact) mass is 374 g/mol. The number of carbonyl (C=O) groups is 2. The highest BCUT2D eigenvalue weighted by Crippen LogP contribution is 2.30. The molecular weight excluding hydrogens is 344 g/mol. The quantitative estimate of drug-likeness (QED) is 0.735. The molecule has 148 valence electrons. The number of rotatable bonds is 7. The van der Waals surface area contributed by atoms with Gasteiger partial charge < -0.3 is 4.74 Å². The summed E-state index contributed by atoms with van der Waals surface area (Å²) in [4.78, 5) is 31.9. The molecule has 1 aromatic carbocycles. The second kappa shape index (κ2) is 8.85. The van der Waals surface area contributed by atoms with Crippen molar-refractivity contribution in [3.05, 3.63) is 35.9 Å². The molecule has 0 radical (unpaired) electrons. The third kappa shape index (κ3) is 5.08. The van der Waals surface area contributed by atoms with Crippen LogP contribution in [0.2, 0.25) is 0 Å². The molecular formula is C21H30N2O4. The first kappa shape index (κ1) is 19.8. The summed E-state index contributed by atoms with van der Waals surface area (Å²) in [5, 5.41) is 0. The van der Waals surface area contributed by atoms with E-state index in [-0.39, 0.29) is 25.0 Å². The Bertz CT molecular complexity index is 641. The zero-order chi connectivity index (χ0) is 19.3. The van der Waals surface area contributed by atoms with Crippen molar-refractivity contribution in [2.24, 2.45) is 5.92 Å². The van der Waals surface area contributed by atoms with E-state index < -0.39 is 11.6 Å². The summed E-state index contributed by atoms with van der Waals surface area (Å²) in [5.74, 6) is 0.175. The van der Waals surface area contributed by atoms with Crippen LogP contribution in [0.5, 0.6) is 0 Å². The highest BCUT2D eigenvalue weighted by atomic mass is 16.6. The highest BCUT2D eigenvalue weighted by Gasteiger charge is 2.44. The molecule has 3 rings (SSSR count). The van der Waals surface area contributed by atoms with Gasteiger partial charge >= 0.3 is 6.09 Å². The molecule has 6 heteroatoms. The number of ether oxygens (including phenoxy) is 1. The Hall–Kier alpha value is -1.92. The van der Waals surface area contributed by atoms with Crippen LogP contribution in [-0.2, 0) is 21.0 Å². The summed E-state index contributed by atoms with van der Waals surface area (Å²) < 4.78 is 5.08. The molecule has 27 heavy (non-hydrogen) atoms. The number of benzene rings is 1. The maximum Gasteiger partial charge on any atom is 0.417 e. The average molecular weight is 374 g/mol. The van der Waals surface area contributed by atoms with Crippen LogP contribution in [-0.4, -0.2) is 35.1 Å². The lowest BCUT2D eigenvalue weighted by Gasteiger charge is -2.32. The van der Waals surface area contributed by atoms with E-state index in [2.05, 4.69) is 5.48 Å². The van der Waals surface area contributed by atoms with E-state index in [9.17, 15) is 9.59 Å². The number of imide groups is 1. The molecule has 1 aromatic rings. The summed E-state index contributed by atoms with van der Waals surface area (Å²) in [6.07, 6.45) is 5.43. The topological polar surface area (TPSA) is 67.9 Å². The van der Waals surface area contributed by atoms with Crippen molar-refractivity contribution in [1.82, 2.24) is 10.4 Å². The minimum atomic E-state index is -0.601. The summed E-state index contributed by atoms with van der Waals surface area (Å²) in [6.45, 7) is 4.38. The van der Waals surface area contributed by atoms with E-state index in [0.717, 1.165) is 18.4 Å². The zero-order valence-electron chi connectivity index (χ0n) is 16.3. The first-order chi connectivity index (χ1) is 13.0. The smallest absolute Gasteiger partial charge is 0.417 e. The van der Waals surface area contributed by atoms with Gasteiger partial charge in [-0.3, -0.25) is 9.63 Å². The van der Waals surface area contributed by atoms with Crippen LogP contribution in [0, 0.1) is 5.92 Å². The summed E-state index contributed by atoms with van der Waals surface area (Å²) in [7, 11) is 0. The second-order valence-electron chi connectivity index (χ2n) is 8.20. The molecule has 0 aromatic heterocycles. The Morgan fingerprint density at radius 3 is 2.59 bits per heavy atom. The van der Waals surface area contributed by atoms with Gasteiger partial charge in [-0.1, -0.05) is 49.6 Å². The number of nitrogens with one attached hydrogen (secondary N) is 1. The first-order valence-corrected chi connectivity index (χ1v) is 9.88. The Labute approximate surface area is 161 Å². The van der Waals surface area contributed by atoms with Crippen LogP contribution in [0.25, 0.3) is 0 Å². The van der Waals surface area contributed by atoms with Gasteiger partial charge in [0.25, 0.3) is 0 Å². The number of carbonyl (C=O) groups excluding carboxylic acids is 2. The Morgan fingerprint density at radius 2 is 1.96 bits per heavy atom. The number of hydrogen-bond donors (Lipinski definition) is 1. The van der Waals surface area contributed by atoms with Gasteiger partial charge in [0, 0.05) is 12.5 Å². The first-order valence-electron chi connectivity index (χ1n) is 9.88. The number of cyclic esters (lactones) is 1. The fraction of sp³-hybridized carbons (Fsp3) is 0.619. The predicted molar refractivity (Wildman–Crippen MR) is 102 cm³/mol. The van der Waals surface area contributed by atoms with Gasteiger partial charge in [0.05, 0.1) is 12.1 Å². The van der Waals surface area contributed by atoms with Crippen molar-refractivity contribution in [3.63, 3.8) is 0 Å². The van der Waals surface area contributed by atoms with Gasteiger partial charge in [0.1, 0.15) is 6.61 Å². The van der Waals surface area contributed by atoms with Crippen molar-refractivity contribution < 1.29 is 19.2 Å². The second-order valence-corrected chi connectivity index (χ2v) is 8.20. The number of hydroxylamine groups is 1. The van der Waals surface area contributed by atoms with Crippen LogP contribution in [0.4, 0.5) is 4.79 Å². The molecule has 1 saturated heterocycles. The lowest BCUT2D eigenvalue weighted by Crippen LogP contribution is -2.49. The number of hydrogen-bond acceptors (Lipinski definition) is 5. The molecule has 1 atom stereocenters. The standard InChI is InChI=1S/C21H30N2O4/c1-21(2)15-26-20(25)23(21)19(24)13-18(17-11-7-4-8-12-17)22-27-14-16-9-5-3-6-10-16/h3,5-6,9-10,17-18,22H,4,7-8,11-15H2,1-2H3. The van der Waals surface area contributed by atoms with Crippen molar-refractivity contribution in [2.45, 2.75) is 70.6 Å². The van der Waals surface area contributed by atoms with Crippen LogP contribution in [0.1, 0.15) is 57.9 Å². The van der Waals surface area contributed by atoms with Crippen LogP contribution in [0.15, 0.2) is 30.3 Å². The summed E-state index contributed by atoms with van der Waals surface area (Å²) in [5.41, 5.74) is 3.61. The summed E-state index contributed by atoms with van der Waals surface area (Å²) >= 11 is 0. The molecule has 1 heterocycles. The van der Waals surface area contributed by atoms with Crippen molar-refractivity contribution >= 4 is 12.0 Å². The molecule has 1 aliphatic carbocycles. The van der Waals surface area contributed by atoms with Gasteiger partial charge in [-0.2, -0.15) is 5.48 Å². The van der Waals surface area contributed by atoms with E-state index in [1.807, 2.05) is 44.2 Å². The molecule has 1 saturated carbocycles. The van der Waals surface area contributed by atoms with Crippen LogP contribution >= 0.6 is 0 Å². The molecule has 0 spiro atoms. The minimum absolute atomic E-state index is 0.106. The van der Waals surface area contributed by atoms with E-state index >= 15 is 0 Å². The normalized spacial score (nSPS) is 21.1. The van der Waals surface area contributed by atoms with Gasteiger partial charge in [-0.05, 0) is 38.2 Å². The molecule has 6 nitrogen and oxygen atoms in total. The average Bonchev–Trinajstić information content (AvgIpc) is 2.95. The van der Waals surface area contributed by atoms with Crippen LogP contribution < -0.4 is 5.48 Å². The molecule has 0 bridgehead atoms.